The van der Waals surface area contributed by atoms with Crippen molar-refractivity contribution in [3.05, 3.63) is 103 Å². The molecule has 2 aromatic rings. The van der Waals surface area contributed by atoms with Crippen LogP contribution in [-0.2, 0) is 32.7 Å². The molecule has 0 nitrogen and oxygen atoms in total. The van der Waals surface area contributed by atoms with Gasteiger partial charge >= 0.3 is 0 Å². The predicted octanol–water partition coefficient (Wildman–Crippen LogP) is 18.0. The zero-order chi connectivity index (χ0) is 41.0. The molecule has 0 heterocycles. The first-order chi connectivity index (χ1) is 23.1. The number of allylic oxidation sites excluding steroid dienone is 4. The standard InChI is InChI=1S/C13H28.C13H24.C7H7.C6H5.C5H12.3C2H6.Y/c1-10(2)12(6,7)13(8,9)11(3,4)5;1-11(2)7-6-8-13(5)10-9-12(3)4;1-7-5-3-2-4-6-7;1-2-4-6-5-3-1;1-4-5(2)3;3*1-2;/h10H,1-9H3;7,10,12H,6,8-9H2,1-5H3;2-6H,1H2;1-5H;5H,4H2,1-3H3;3*1-2H3;/q;;2*-1;;;;;/b;13-10+;;;;;;;. The van der Waals surface area contributed by atoms with Crippen molar-refractivity contribution >= 4 is 0 Å². The van der Waals surface area contributed by atoms with E-state index in [4.69, 9.17) is 0 Å². The second-order valence-electron chi connectivity index (χ2n) is 15.6. The summed E-state index contributed by atoms with van der Waals surface area (Å²) in [6.45, 7) is 54.7. The summed E-state index contributed by atoms with van der Waals surface area (Å²) in [6.07, 6.45) is 9.64. The fraction of sp³-hybridized carbons (Fsp3) is 0.660. The van der Waals surface area contributed by atoms with Gasteiger partial charge in [-0.15, -0.1) is 12.1 Å². The van der Waals surface area contributed by atoms with Crippen LogP contribution < -0.4 is 0 Å². The molecule has 0 unspecified atom stereocenters. The fourth-order valence-electron chi connectivity index (χ4n) is 3.64. The van der Waals surface area contributed by atoms with E-state index in [9.17, 15) is 0 Å². The van der Waals surface area contributed by atoms with Crippen LogP contribution in [-0.4, -0.2) is 0 Å². The minimum absolute atomic E-state index is 0. The van der Waals surface area contributed by atoms with Crippen LogP contribution in [0, 0.1) is 47.0 Å². The topological polar surface area (TPSA) is 0 Å². The van der Waals surface area contributed by atoms with Gasteiger partial charge in [-0.25, -0.2) is 0 Å². The maximum atomic E-state index is 3.72. The van der Waals surface area contributed by atoms with Gasteiger partial charge in [0.2, 0.25) is 0 Å². The molecule has 0 saturated carbocycles. The summed E-state index contributed by atoms with van der Waals surface area (Å²) in [4.78, 5) is 0. The van der Waals surface area contributed by atoms with Crippen LogP contribution in [0.15, 0.2) is 84.0 Å². The molecule has 2 aromatic carbocycles. The van der Waals surface area contributed by atoms with E-state index in [1.165, 1.54) is 36.8 Å². The Morgan fingerprint density at radius 1 is 0.667 bits per heavy atom. The van der Waals surface area contributed by atoms with Crippen LogP contribution in [0.3, 0.4) is 0 Å². The third kappa shape index (κ3) is 43.2. The van der Waals surface area contributed by atoms with Gasteiger partial charge in [0.25, 0.3) is 0 Å². The Labute approximate surface area is 351 Å². The molecule has 0 aliphatic heterocycles. The Hall–Kier alpha value is -1.11. The number of hydrogen-bond donors (Lipinski definition) is 0. The fourth-order valence-corrected chi connectivity index (χ4v) is 3.64. The van der Waals surface area contributed by atoms with Crippen molar-refractivity contribution < 1.29 is 32.7 Å². The molecule has 0 aliphatic carbocycles. The molecule has 0 fully saturated rings. The minimum Gasteiger partial charge on any atom is -0.199 e. The number of hydrogen-bond acceptors (Lipinski definition) is 0. The van der Waals surface area contributed by atoms with Crippen LogP contribution in [0.2, 0.25) is 0 Å². The molecular formula is C50H94Y-2. The van der Waals surface area contributed by atoms with Crippen LogP contribution >= 0.6 is 0 Å². The average molecular weight is 784 g/mol. The van der Waals surface area contributed by atoms with Gasteiger partial charge in [0.1, 0.15) is 0 Å². The maximum Gasteiger partial charge on any atom is 0 e. The molecule has 0 aromatic heterocycles. The smallest absolute Gasteiger partial charge is 0 e. The molecule has 0 aliphatic rings. The first-order valence-corrected chi connectivity index (χ1v) is 20.2. The SMILES string of the molecule is CC.CC.CC.CC(C)=CCC/C(C)=C/CC(C)C.CC(C)C(C)(C)C(C)(C)C(C)(C)C.CCC(C)C.[CH2-]c1ccccc1.[Y].[c-]1ccccc1. The van der Waals surface area contributed by atoms with E-state index in [0.717, 1.165) is 23.3 Å². The molecule has 51 heavy (non-hydrogen) atoms. The maximum absolute atomic E-state index is 3.72. The predicted molar refractivity (Wildman–Crippen MR) is 239 cm³/mol. The second kappa shape index (κ2) is 41.6. The third-order valence-corrected chi connectivity index (χ3v) is 9.22. The molecular weight excluding hydrogens is 689 g/mol. The summed E-state index contributed by atoms with van der Waals surface area (Å²) < 4.78 is 0. The molecule has 299 valence electrons. The molecule has 0 amide bonds. The Kier molecular flexibility index (Phi) is 52.9. The summed E-state index contributed by atoms with van der Waals surface area (Å²) in [5, 5.41) is 0. The third-order valence-electron chi connectivity index (χ3n) is 9.22. The second-order valence-corrected chi connectivity index (χ2v) is 15.6. The summed E-state index contributed by atoms with van der Waals surface area (Å²) in [5.74, 6) is 2.40. The zero-order valence-corrected chi connectivity index (χ0v) is 42.1. The Balaban J connectivity index is -0.0000000944. The van der Waals surface area contributed by atoms with E-state index in [0.29, 0.717) is 16.2 Å². The summed E-state index contributed by atoms with van der Waals surface area (Å²) in [5.41, 5.74) is 5.13. The number of benzene rings is 2. The Morgan fingerprint density at radius 3 is 1.25 bits per heavy atom. The van der Waals surface area contributed by atoms with Crippen molar-refractivity contribution in [1.29, 1.82) is 0 Å². The van der Waals surface area contributed by atoms with Crippen molar-refractivity contribution in [3.8, 4) is 0 Å². The molecule has 2 rings (SSSR count). The molecule has 0 N–H and O–H groups in total. The molecule has 0 bridgehead atoms. The molecule has 0 atom stereocenters. The van der Waals surface area contributed by atoms with E-state index in [2.05, 4.69) is 143 Å². The van der Waals surface area contributed by atoms with Crippen LogP contribution in [0.1, 0.15) is 190 Å². The monoisotopic (exact) mass is 784 g/mol. The van der Waals surface area contributed by atoms with Crippen LogP contribution in [0.5, 0.6) is 0 Å². The Morgan fingerprint density at radius 2 is 1.06 bits per heavy atom. The first kappa shape index (κ1) is 64.8. The number of rotatable bonds is 8. The summed E-state index contributed by atoms with van der Waals surface area (Å²) in [6, 6.07) is 22.4. The largest absolute Gasteiger partial charge is 0.199 e. The molecule has 1 heteroatoms. The van der Waals surface area contributed by atoms with Gasteiger partial charge in [-0.3, -0.25) is 0 Å². The van der Waals surface area contributed by atoms with Crippen molar-refractivity contribution in [3.63, 3.8) is 0 Å². The zero-order valence-electron chi connectivity index (χ0n) is 39.3. The van der Waals surface area contributed by atoms with Crippen molar-refractivity contribution in [2.75, 3.05) is 0 Å². The summed E-state index contributed by atoms with van der Waals surface area (Å²) >= 11 is 0. The van der Waals surface area contributed by atoms with Gasteiger partial charge in [0.05, 0.1) is 0 Å². The summed E-state index contributed by atoms with van der Waals surface area (Å²) in [7, 11) is 0. The van der Waals surface area contributed by atoms with E-state index < -0.39 is 0 Å². The van der Waals surface area contributed by atoms with Crippen molar-refractivity contribution in [2.24, 2.45) is 34.0 Å². The molecule has 1 radical (unpaired) electrons. The van der Waals surface area contributed by atoms with E-state index in [1.54, 1.807) is 0 Å². The van der Waals surface area contributed by atoms with Crippen molar-refractivity contribution in [2.45, 2.75) is 185 Å². The quantitative estimate of drug-likeness (QED) is 0.185. The van der Waals surface area contributed by atoms with Gasteiger partial charge < -0.3 is 0 Å². The van der Waals surface area contributed by atoms with Crippen LogP contribution in [0.25, 0.3) is 0 Å². The first-order valence-electron chi connectivity index (χ1n) is 20.2. The van der Waals surface area contributed by atoms with E-state index in [-0.39, 0.29) is 32.7 Å². The van der Waals surface area contributed by atoms with Crippen molar-refractivity contribution in [1.82, 2.24) is 0 Å². The average Bonchev–Trinajstić information content (AvgIpc) is 3.08. The van der Waals surface area contributed by atoms with Gasteiger partial charge in [-0.05, 0) is 74.0 Å². The van der Waals surface area contributed by atoms with Gasteiger partial charge in [0.15, 0.2) is 0 Å². The van der Waals surface area contributed by atoms with E-state index >= 15 is 0 Å². The van der Waals surface area contributed by atoms with Gasteiger partial charge in [-0.2, -0.15) is 61.0 Å². The Bertz CT molecular complexity index is 920. The molecule has 0 spiro atoms. The normalized spacial score (nSPS) is 10.4. The van der Waals surface area contributed by atoms with E-state index in [1.807, 2.05) is 102 Å². The van der Waals surface area contributed by atoms with Gasteiger partial charge in [-0.1, -0.05) is 174 Å². The van der Waals surface area contributed by atoms with Crippen LogP contribution in [0.4, 0.5) is 0 Å². The molecule has 0 saturated heterocycles. The minimum atomic E-state index is 0. The van der Waals surface area contributed by atoms with Gasteiger partial charge in [0, 0.05) is 32.7 Å².